The Labute approximate surface area is 169 Å². The standard InChI is InChI=1S/C20H29F3N4O2/c1-19(2,3)25-18(29)24-17(28)14-27-10-4-9-26(11-12-27)13-15-5-7-16(8-6-15)20(21,22)23/h5-8H,4,9-14H2,1-3H3,(H2,24,25,28,29). The van der Waals surface area contributed by atoms with Gasteiger partial charge in [-0.1, -0.05) is 12.1 Å². The molecule has 0 saturated carbocycles. The van der Waals surface area contributed by atoms with Gasteiger partial charge in [0.2, 0.25) is 5.91 Å². The SMILES string of the molecule is CC(C)(C)NC(=O)NC(=O)CN1CCCN(Cc2ccc(C(F)(F)F)cc2)CC1. The summed E-state index contributed by atoms with van der Waals surface area (Å²) in [6.45, 7) is 9.04. The molecule has 1 aliphatic rings. The van der Waals surface area contributed by atoms with Crippen molar-refractivity contribution in [2.24, 2.45) is 0 Å². The zero-order chi connectivity index (χ0) is 21.7. The number of carbonyl (C=O) groups is 2. The molecule has 1 aromatic carbocycles. The molecule has 1 aliphatic heterocycles. The van der Waals surface area contributed by atoms with Crippen LogP contribution in [0, 0.1) is 0 Å². The first-order chi connectivity index (χ1) is 13.4. The van der Waals surface area contributed by atoms with Crippen molar-refractivity contribution in [1.82, 2.24) is 20.4 Å². The fourth-order valence-electron chi connectivity index (χ4n) is 3.14. The maximum Gasteiger partial charge on any atom is 0.416 e. The van der Waals surface area contributed by atoms with Crippen LogP contribution in [0.4, 0.5) is 18.0 Å². The van der Waals surface area contributed by atoms with Crippen molar-refractivity contribution in [2.45, 2.75) is 45.5 Å². The molecule has 1 saturated heterocycles. The molecule has 1 aromatic rings. The summed E-state index contributed by atoms with van der Waals surface area (Å²) in [6, 6.07) is 4.71. The fraction of sp³-hybridized carbons (Fsp3) is 0.600. The Hall–Kier alpha value is -2.13. The molecule has 3 amide bonds. The van der Waals surface area contributed by atoms with Crippen molar-refractivity contribution in [2.75, 3.05) is 32.7 Å². The van der Waals surface area contributed by atoms with Gasteiger partial charge in [0.1, 0.15) is 0 Å². The molecular weight excluding hydrogens is 385 g/mol. The van der Waals surface area contributed by atoms with E-state index in [0.29, 0.717) is 19.6 Å². The van der Waals surface area contributed by atoms with Gasteiger partial charge in [-0.15, -0.1) is 0 Å². The predicted molar refractivity (Wildman–Crippen MR) is 104 cm³/mol. The summed E-state index contributed by atoms with van der Waals surface area (Å²) < 4.78 is 38.0. The molecule has 0 spiro atoms. The lowest BCUT2D eigenvalue weighted by atomic mass is 10.1. The van der Waals surface area contributed by atoms with E-state index in [0.717, 1.165) is 37.2 Å². The number of rotatable bonds is 4. The molecule has 0 aromatic heterocycles. The minimum atomic E-state index is -4.33. The summed E-state index contributed by atoms with van der Waals surface area (Å²) in [6.07, 6.45) is -3.49. The summed E-state index contributed by atoms with van der Waals surface area (Å²) >= 11 is 0. The van der Waals surface area contributed by atoms with Gasteiger partial charge in [0.05, 0.1) is 12.1 Å². The van der Waals surface area contributed by atoms with Crippen LogP contribution in [-0.2, 0) is 17.5 Å². The number of alkyl halides is 3. The van der Waals surface area contributed by atoms with Crippen molar-refractivity contribution < 1.29 is 22.8 Å². The third-order valence-corrected chi connectivity index (χ3v) is 4.48. The molecule has 2 rings (SSSR count). The molecule has 9 heteroatoms. The lowest BCUT2D eigenvalue weighted by molar-refractivity contribution is -0.137. The number of hydrogen-bond acceptors (Lipinski definition) is 4. The molecule has 0 atom stereocenters. The summed E-state index contributed by atoms with van der Waals surface area (Å²) in [5, 5.41) is 5.02. The van der Waals surface area contributed by atoms with Crippen LogP contribution in [0.3, 0.4) is 0 Å². The highest BCUT2D eigenvalue weighted by molar-refractivity contribution is 5.95. The fourth-order valence-corrected chi connectivity index (χ4v) is 3.14. The van der Waals surface area contributed by atoms with Crippen LogP contribution in [0.25, 0.3) is 0 Å². The van der Waals surface area contributed by atoms with E-state index in [1.807, 2.05) is 25.7 Å². The largest absolute Gasteiger partial charge is 0.416 e. The Kier molecular flexibility index (Phi) is 7.65. The Morgan fingerprint density at radius 1 is 0.966 bits per heavy atom. The van der Waals surface area contributed by atoms with Crippen molar-refractivity contribution in [1.29, 1.82) is 0 Å². The third kappa shape index (κ3) is 8.41. The number of urea groups is 1. The van der Waals surface area contributed by atoms with Crippen LogP contribution in [-0.4, -0.2) is 60.0 Å². The highest BCUT2D eigenvalue weighted by Gasteiger charge is 2.30. The summed E-state index contributed by atoms with van der Waals surface area (Å²) in [5.74, 6) is -0.358. The summed E-state index contributed by atoms with van der Waals surface area (Å²) in [7, 11) is 0. The summed E-state index contributed by atoms with van der Waals surface area (Å²) in [5.41, 5.74) is -0.251. The van der Waals surface area contributed by atoms with E-state index in [1.165, 1.54) is 12.1 Å². The van der Waals surface area contributed by atoms with E-state index >= 15 is 0 Å². The van der Waals surface area contributed by atoms with Crippen molar-refractivity contribution in [3.8, 4) is 0 Å². The smallest absolute Gasteiger partial charge is 0.333 e. The maximum atomic E-state index is 12.7. The van der Waals surface area contributed by atoms with Gasteiger partial charge in [0.15, 0.2) is 0 Å². The zero-order valence-corrected chi connectivity index (χ0v) is 17.1. The summed E-state index contributed by atoms with van der Waals surface area (Å²) in [4.78, 5) is 28.0. The number of carbonyl (C=O) groups excluding carboxylic acids is 2. The lowest BCUT2D eigenvalue weighted by Gasteiger charge is -2.23. The number of nitrogens with zero attached hydrogens (tertiary/aromatic N) is 2. The van der Waals surface area contributed by atoms with E-state index in [-0.39, 0.29) is 12.5 Å². The molecule has 6 nitrogen and oxygen atoms in total. The van der Waals surface area contributed by atoms with E-state index in [2.05, 4.69) is 15.5 Å². The van der Waals surface area contributed by atoms with Crippen LogP contribution in [0.5, 0.6) is 0 Å². The van der Waals surface area contributed by atoms with Gasteiger partial charge >= 0.3 is 12.2 Å². The van der Waals surface area contributed by atoms with Gasteiger partial charge in [-0.25, -0.2) is 4.79 Å². The number of amides is 3. The van der Waals surface area contributed by atoms with Crippen molar-refractivity contribution >= 4 is 11.9 Å². The number of benzene rings is 1. The molecule has 1 heterocycles. The normalized spacial score (nSPS) is 16.9. The van der Waals surface area contributed by atoms with E-state index in [4.69, 9.17) is 0 Å². The number of nitrogens with one attached hydrogen (secondary N) is 2. The zero-order valence-electron chi connectivity index (χ0n) is 17.1. The van der Waals surface area contributed by atoms with Crippen LogP contribution in [0.15, 0.2) is 24.3 Å². The molecule has 0 aliphatic carbocycles. The van der Waals surface area contributed by atoms with Gasteiger partial charge in [-0.05, 0) is 58.0 Å². The first-order valence-corrected chi connectivity index (χ1v) is 9.65. The van der Waals surface area contributed by atoms with Crippen molar-refractivity contribution in [3.63, 3.8) is 0 Å². The molecule has 0 bridgehead atoms. The molecule has 2 N–H and O–H groups in total. The molecule has 162 valence electrons. The Balaban J connectivity index is 1.80. The second-order valence-electron chi connectivity index (χ2n) is 8.35. The first kappa shape index (κ1) is 23.2. The quantitative estimate of drug-likeness (QED) is 0.795. The highest BCUT2D eigenvalue weighted by Crippen LogP contribution is 2.29. The molecular formula is C20H29F3N4O2. The second kappa shape index (κ2) is 9.58. The van der Waals surface area contributed by atoms with Gasteiger partial charge in [-0.2, -0.15) is 13.2 Å². The lowest BCUT2D eigenvalue weighted by Crippen LogP contribution is -2.50. The number of imide groups is 1. The first-order valence-electron chi connectivity index (χ1n) is 9.65. The van der Waals surface area contributed by atoms with Crippen LogP contribution in [0.2, 0.25) is 0 Å². The molecule has 29 heavy (non-hydrogen) atoms. The molecule has 1 fully saturated rings. The average molecular weight is 414 g/mol. The Morgan fingerprint density at radius 3 is 2.14 bits per heavy atom. The van der Waals surface area contributed by atoms with Gasteiger partial charge in [-0.3, -0.25) is 19.9 Å². The van der Waals surface area contributed by atoms with E-state index < -0.39 is 23.3 Å². The van der Waals surface area contributed by atoms with Gasteiger partial charge in [0.25, 0.3) is 0 Å². The average Bonchev–Trinajstić information content (AvgIpc) is 2.78. The van der Waals surface area contributed by atoms with Crippen molar-refractivity contribution in [3.05, 3.63) is 35.4 Å². The maximum absolute atomic E-state index is 12.7. The topological polar surface area (TPSA) is 64.7 Å². The van der Waals surface area contributed by atoms with E-state index in [1.54, 1.807) is 0 Å². The monoisotopic (exact) mass is 414 g/mol. The predicted octanol–water partition coefficient (Wildman–Crippen LogP) is 2.84. The van der Waals surface area contributed by atoms with Crippen LogP contribution < -0.4 is 10.6 Å². The minimum absolute atomic E-state index is 0.131. The Bertz CT molecular complexity index is 699. The van der Waals surface area contributed by atoms with Gasteiger partial charge < -0.3 is 5.32 Å². The highest BCUT2D eigenvalue weighted by atomic mass is 19.4. The number of halogens is 3. The van der Waals surface area contributed by atoms with Gasteiger partial charge in [0, 0.05) is 25.2 Å². The van der Waals surface area contributed by atoms with Crippen LogP contribution in [0.1, 0.15) is 38.3 Å². The van der Waals surface area contributed by atoms with E-state index in [9.17, 15) is 22.8 Å². The van der Waals surface area contributed by atoms with Crippen LogP contribution >= 0.6 is 0 Å². The second-order valence-corrected chi connectivity index (χ2v) is 8.35. The molecule has 0 radical (unpaired) electrons. The third-order valence-electron chi connectivity index (χ3n) is 4.48. The Morgan fingerprint density at radius 2 is 1.55 bits per heavy atom. The number of hydrogen-bond donors (Lipinski definition) is 2. The molecule has 0 unspecified atom stereocenters. The minimum Gasteiger partial charge on any atom is -0.333 e.